The van der Waals surface area contributed by atoms with Crippen molar-refractivity contribution in [3.63, 3.8) is 0 Å². The van der Waals surface area contributed by atoms with Gasteiger partial charge in [-0.05, 0) is 30.5 Å². The zero-order valence-electron chi connectivity index (χ0n) is 11.5. The van der Waals surface area contributed by atoms with Crippen molar-refractivity contribution < 1.29 is 0 Å². The molecule has 1 aromatic carbocycles. The highest BCUT2D eigenvalue weighted by Gasteiger charge is 2.22. The second-order valence-electron chi connectivity index (χ2n) is 5.17. The van der Waals surface area contributed by atoms with Gasteiger partial charge in [0.2, 0.25) is 0 Å². The van der Waals surface area contributed by atoms with Crippen LogP contribution in [-0.4, -0.2) is 44.6 Å². The number of hydrogen-bond donors (Lipinski definition) is 1. The molecule has 2 N–H and O–H groups in total. The zero-order valence-corrected chi connectivity index (χ0v) is 13.1. The molecule has 1 aromatic rings. The lowest BCUT2D eigenvalue weighted by Gasteiger charge is -2.18. The molecule has 104 valence electrons. The smallest absolute Gasteiger partial charge is 0.190 e. The Hall–Kier alpha value is -1.23. The van der Waals surface area contributed by atoms with Crippen LogP contribution in [0, 0.1) is 5.92 Å². The first-order chi connectivity index (χ1) is 9.06. The van der Waals surface area contributed by atoms with Gasteiger partial charge in [-0.1, -0.05) is 22.0 Å². The first kappa shape index (κ1) is 14.2. The van der Waals surface area contributed by atoms with Crippen molar-refractivity contribution in [2.24, 2.45) is 16.6 Å². The fourth-order valence-electron chi connectivity index (χ4n) is 2.25. The average molecular weight is 325 g/mol. The molecule has 0 aromatic heterocycles. The Balaban J connectivity index is 1.92. The fraction of sp³-hybridized carbons (Fsp3) is 0.500. The Labute approximate surface area is 123 Å². The second-order valence-corrected chi connectivity index (χ2v) is 6.09. The van der Waals surface area contributed by atoms with E-state index < -0.39 is 0 Å². The molecule has 5 heteroatoms. The summed E-state index contributed by atoms with van der Waals surface area (Å²) in [7, 11) is 3.84. The van der Waals surface area contributed by atoms with Gasteiger partial charge in [-0.3, -0.25) is 4.99 Å². The summed E-state index contributed by atoms with van der Waals surface area (Å²) in [4.78, 5) is 8.70. The number of rotatable bonds is 3. The highest BCUT2D eigenvalue weighted by molar-refractivity contribution is 9.10. The second kappa shape index (κ2) is 6.28. The van der Waals surface area contributed by atoms with Crippen LogP contribution in [0.15, 0.2) is 33.7 Å². The van der Waals surface area contributed by atoms with E-state index in [1.807, 2.05) is 19.0 Å². The van der Waals surface area contributed by atoms with Gasteiger partial charge in [-0.25, -0.2) is 0 Å². The van der Waals surface area contributed by atoms with Gasteiger partial charge < -0.3 is 15.5 Å². The maximum absolute atomic E-state index is 5.82. The standard InChI is InChI=1S/C14H21BrN4/c1-18(2)14(16)17-9-11-6-7-19(10-11)13-5-3-4-12(15)8-13/h3-5,8,11H,6-7,9-10H2,1-2H3,(H2,16,17). The fourth-order valence-corrected chi connectivity index (χ4v) is 2.64. The van der Waals surface area contributed by atoms with Crippen molar-refractivity contribution in [1.82, 2.24) is 4.90 Å². The van der Waals surface area contributed by atoms with Gasteiger partial charge >= 0.3 is 0 Å². The van der Waals surface area contributed by atoms with E-state index in [1.54, 1.807) is 0 Å². The molecule has 1 heterocycles. The molecule has 0 bridgehead atoms. The number of nitrogens with zero attached hydrogens (tertiary/aromatic N) is 3. The molecule has 0 saturated carbocycles. The molecular weight excluding hydrogens is 304 g/mol. The van der Waals surface area contributed by atoms with Crippen LogP contribution in [0.1, 0.15) is 6.42 Å². The van der Waals surface area contributed by atoms with E-state index in [1.165, 1.54) is 12.1 Å². The molecule has 1 aliphatic heterocycles. The van der Waals surface area contributed by atoms with Gasteiger partial charge in [0.05, 0.1) is 0 Å². The van der Waals surface area contributed by atoms with Crippen molar-refractivity contribution in [2.75, 3.05) is 38.6 Å². The molecule has 1 atom stereocenters. The summed E-state index contributed by atoms with van der Waals surface area (Å²) in [5, 5.41) is 0. The molecule has 19 heavy (non-hydrogen) atoms. The molecule has 0 spiro atoms. The lowest BCUT2D eigenvalue weighted by atomic mass is 10.1. The molecule has 2 rings (SSSR count). The first-order valence-corrected chi connectivity index (χ1v) is 7.33. The maximum atomic E-state index is 5.82. The number of aliphatic imine (C=N–C) groups is 1. The van der Waals surface area contributed by atoms with Gasteiger partial charge in [-0.2, -0.15) is 0 Å². The van der Waals surface area contributed by atoms with Gasteiger partial charge in [-0.15, -0.1) is 0 Å². The minimum atomic E-state index is 0.595. The van der Waals surface area contributed by atoms with Gasteiger partial charge in [0.15, 0.2) is 5.96 Å². The summed E-state index contributed by atoms with van der Waals surface area (Å²) in [5.41, 5.74) is 7.10. The third-order valence-electron chi connectivity index (χ3n) is 3.43. The average Bonchev–Trinajstić information content (AvgIpc) is 2.84. The van der Waals surface area contributed by atoms with E-state index in [9.17, 15) is 0 Å². The van der Waals surface area contributed by atoms with Crippen LogP contribution in [0.4, 0.5) is 5.69 Å². The quantitative estimate of drug-likeness (QED) is 0.684. The normalized spacial score (nSPS) is 19.8. The van der Waals surface area contributed by atoms with Crippen molar-refractivity contribution in [2.45, 2.75) is 6.42 Å². The Bertz CT molecular complexity index is 459. The Morgan fingerprint density at radius 2 is 2.32 bits per heavy atom. The molecule has 1 saturated heterocycles. The molecule has 0 aliphatic carbocycles. The Morgan fingerprint density at radius 1 is 1.53 bits per heavy atom. The lowest BCUT2D eigenvalue weighted by Crippen LogP contribution is -2.31. The predicted octanol–water partition coefficient (Wildman–Crippen LogP) is 2.15. The van der Waals surface area contributed by atoms with Gasteiger partial charge in [0, 0.05) is 43.9 Å². The van der Waals surface area contributed by atoms with Crippen LogP contribution < -0.4 is 10.6 Å². The summed E-state index contributed by atoms with van der Waals surface area (Å²) < 4.78 is 1.13. The number of benzene rings is 1. The summed E-state index contributed by atoms with van der Waals surface area (Å²) >= 11 is 3.52. The largest absolute Gasteiger partial charge is 0.371 e. The SMILES string of the molecule is CN(C)C(N)=NCC1CCN(c2cccc(Br)c2)C1. The van der Waals surface area contributed by atoms with Crippen LogP contribution in [0.25, 0.3) is 0 Å². The van der Waals surface area contributed by atoms with Gasteiger partial charge in [0.25, 0.3) is 0 Å². The number of halogens is 1. The third kappa shape index (κ3) is 3.86. The van der Waals surface area contributed by atoms with E-state index in [0.717, 1.165) is 24.1 Å². The third-order valence-corrected chi connectivity index (χ3v) is 3.92. The van der Waals surface area contributed by atoms with Crippen molar-refractivity contribution in [3.05, 3.63) is 28.7 Å². The molecule has 0 amide bonds. The topological polar surface area (TPSA) is 44.9 Å². The van der Waals surface area contributed by atoms with E-state index in [2.05, 4.69) is 50.1 Å². The zero-order chi connectivity index (χ0) is 13.8. The van der Waals surface area contributed by atoms with E-state index in [0.29, 0.717) is 11.9 Å². The minimum Gasteiger partial charge on any atom is -0.371 e. The molecule has 1 unspecified atom stereocenters. The minimum absolute atomic E-state index is 0.595. The Kier molecular flexibility index (Phi) is 4.69. The van der Waals surface area contributed by atoms with Crippen LogP contribution in [0.5, 0.6) is 0 Å². The summed E-state index contributed by atoms with van der Waals surface area (Å²) in [5.74, 6) is 1.21. The predicted molar refractivity (Wildman–Crippen MR) is 84.6 cm³/mol. The van der Waals surface area contributed by atoms with Crippen LogP contribution in [0.2, 0.25) is 0 Å². The van der Waals surface area contributed by atoms with Crippen LogP contribution in [0.3, 0.4) is 0 Å². The number of hydrogen-bond acceptors (Lipinski definition) is 2. The Morgan fingerprint density at radius 3 is 3.00 bits per heavy atom. The molecule has 4 nitrogen and oxygen atoms in total. The highest BCUT2D eigenvalue weighted by atomic mass is 79.9. The first-order valence-electron chi connectivity index (χ1n) is 6.54. The number of anilines is 1. The van der Waals surface area contributed by atoms with Crippen molar-refractivity contribution in [1.29, 1.82) is 0 Å². The number of guanidine groups is 1. The number of nitrogens with two attached hydrogens (primary N) is 1. The van der Waals surface area contributed by atoms with Crippen molar-refractivity contribution in [3.8, 4) is 0 Å². The summed E-state index contributed by atoms with van der Waals surface area (Å²) in [6.45, 7) is 2.97. The molecule has 1 aliphatic rings. The van der Waals surface area contributed by atoms with Crippen LogP contribution >= 0.6 is 15.9 Å². The van der Waals surface area contributed by atoms with E-state index in [-0.39, 0.29) is 0 Å². The van der Waals surface area contributed by atoms with Crippen molar-refractivity contribution >= 4 is 27.6 Å². The molecule has 0 radical (unpaired) electrons. The van der Waals surface area contributed by atoms with Crippen LogP contribution in [-0.2, 0) is 0 Å². The molecule has 1 fully saturated rings. The molecular formula is C14H21BrN4. The summed E-state index contributed by atoms with van der Waals surface area (Å²) in [6.07, 6.45) is 1.18. The van der Waals surface area contributed by atoms with E-state index >= 15 is 0 Å². The van der Waals surface area contributed by atoms with Gasteiger partial charge in [0.1, 0.15) is 0 Å². The highest BCUT2D eigenvalue weighted by Crippen LogP contribution is 2.26. The lowest BCUT2D eigenvalue weighted by molar-refractivity contribution is 0.574. The van der Waals surface area contributed by atoms with E-state index in [4.69, 9.17) is 5.73 Å². The summed E-state index contributed by atoms with van der Waals surface area (Å²) in [6, 6.07) is 8.46. The monoisotopic (exact) mass is 324 g/mol. The maximum Gasteiger partial charge on any atom is 0.190 e.